The van der Waals surface area contributed by atoms with Gasteiger partial charge in [-0.15, -0.1) is 0 Å². The first-order chi connectivity index (χ1) is 13.4. The second-order valence-electron chi connectivity index (χ2n) is 7.60. The number of benzene rings is 2. The third kappa shape index (κ3) is 2.77. The van der Waals surface area contributed by atoms with Crippen LogP contribution in [0, 0.1) is 0 Å². The van der Waals surface area contributed by atoms with Crippen molar-refractivity contribution in [3.63, 3.8) is 0 Å². The molecule has 0 bridgehead atoms. The number of H-pyrrole nitrogens is 1. The molecule has 3 aromatic rings. The van der Waals surface area contributed by atoms with Crippen LogP contribution in [0.25, 0.3) is 10.9 Å². The summed E-state index contributed by atoms with van der Waals surface area (Å²) < 4.78 is 10.9. The Bertz CT molecular complexity index is 1070. The molecular weight excluding hydrogens is 358 g/mol. The highest BCUT2D eigenvalue weighted by Crippen LogP contribution is 2.45. The molecule has 4 rings (SSSR count). The lowest BCUT2D eigenvalue weighted by molar-refractivity contribution is 0.0535. The van der Waals surface area contributed by atoms with Crippen LogP contribution in [0.2, 0.25) is 0 Å². The van der Waals surface area contributed by atoms with E-state index in [-0.39, 0.29) is 19.0 Å². The van der Waals surface area contributed by atoms with E-state index in [9.17, 15) is 9.90 Å². The van der Waals surface area contributed by atoms with Gasteiger partial charge in [0.15, 0.2) is 5.78 Å². The summed E-state index contributed by atoms with van der Waals surface area (Å²) in [5.74, 6) is 1.25. The fraction of sp³-hybridized carbons (Fsp3) is 0.318. The molecule has 1 aliphatic rings. The summed E-state index contributed by atoms with van der Waals surface area (Å²) in [5, 5.41) is 19.3. The lowest BCUT2D eigenvalue weighted by atomic mass is 9.71. The van der Waals surface area contributed by atoms with Gasteiger partial charge < -0.3 is 24.7 Å². The largest absolute Gasteiger partial charge is 0.497 e. The Kier molecular flexibility index (Phi) is 4.40. The summed E-state index contributed by atoms with van der Waals surface area (Å²) in [5.41, 5.74) is 3.48. The molecular formula is C22H23NO5. The van der Waals surface area contributed by atoms with Crippen LogP contribution in [0.15, 0.2) is 36.4 Å². The molecule has 146 valence electrons. The van der Waals surface area contributed by atoms with Gasteiger partial charge in [-0.1, -0.05) is 13.8 Å². The second kappa shape index (κ2) is 6.65. The third-order valence-electron chi connectivity index (χ3n) is 5.42. The Morgan fingerprint density at radius 2 is 1.89 bits per heavy atom. The summed E-state index contributed by atoms with van der Waals surface area (Å²) in [6.45, 7) is 3.75. The minimum absolute atomic E-state index is 0.0128. The molecule has 0 radical (unpaired) electrons. The number of rotatable bonds is 5. The number of fused-ring (bicyclic) bond motifs is 4. The van der Waals surface area contributed by atoms with E-state index in [2.05, 4.69) is 18.8 Å². The Labute approximate surface area is 162 Å². The third-order valence-corrected chi connectivity index (χ3v) is 5.42. The van der Waals surface area contributed by atoms with Crippen LogP contribution in [0.3, 0.4) is 0 Å². The molecule has 0 saturated heterocycles. The highest BCUT2D eigenvalue weighted by molar-refractivity contribution is 6.20. The zero-order valence-corrected chi connectivity index (χ0v) is 16.1. The average Bonchev–Trinajstić information content (AvgIpc) is 3.10. The molecule has 3 N–H and O–H groups in total. The van der Waals surface area contributed by atoms with E-state index in [0.29, 0.717) is 16.9 Å². The summed E-state index contributed by atoms with van der Waals surface area (Å²) in [6.07, 6.45) is -0.944. The molecule has 0 amide bonds. The number of aliphatic hydroxyl groups is 2. The molecule has 1 atom stereocenters. The van der Waals surface area contributed by atoms with E-state index in [1.165, 1.54) is 0 Å². The van der Waals surface area contributed by atoms with Crippen LogP contribution in [0.5, 0.6) is 11.5 Å². The quantitative estimate of drug-likeness (QED) is 0.632. The minimum Gasteiger partial charge on any atom is -0.497 e. The van der Waals surface area contributed by atoms with Gasteiger partial charge in [-0.05, 0) is 35.9 Å². The van der Waals surface area contributed by atoms with Gasteiger partial charge in [0, 0.05) is 28.1 Å². The normalized spacial score (nSPS) is 15.8. The monoisotopic (exact) mass is 381 g/mol. The molecule has 28 heavy (non-hydrogen) atoms. The fourth-order valence-corrected chi connectivity index (χ4v) is 3.85. The molecule has 0 fully saturated rings. The van der Waals surface area contributed by atoms with Gasteiger partial charge in [-0.3, -0.25) is 4.79 Å². The number of aromatic amines is 1. The van der Waals surface area contributed by atoms with Crippen LogP contribution >= 0.6 is 0 Å². The first-order valence-corrected chi connectivity index (χ1v) is 9.18. The van der Waals surface area contributed by atoms with E-state index < -0.39 is 11.5 Å². The number of hydrogen-bond acceptors (Lipinski definition) is 5. The Balaban J connectivity index is 1.82. The van der Waals surface area contributed by atoms with Gasteiger partial charge in [-0.25, -0.2) is 0 Å². The van der Waals surface area contributed by atoms with Crippen LogP contribution in [-0.4, -0.2) is 47.4 Å². The van der Waals surface area contributed by atoms with Gasteiger partial charge in [0.2, 0.25) is 0 Å². The van der Waals surface area contributed by atoms with Crippen molar-refractivity contribution in [1.29, 1.82) is 0 Å². The number of methoxy groups -OCH3 is 1. The molecule has 1 heterocycles. The molecule has 6 heteroatoms. The van der Waals surface area contributed by atoms with E-state index in [1.54, 1.807) is 19.2 Å². The number of ether oxygens (including phenoxy) is 2. The predicted octanol–water partition coefficient (Wildman–Crippen LogP) is 2.78. The van der Waals surface area contributed by atoms with Gasteiger partial charge >= 0.3 is 0 Å². The SMILES string of the molecule is COc1ccc2c3c([nH]c2c1)C(C)(C)c1cc(OC[C@@H](O)CO)ccc1C3=O. The number of aromatic nitrogens is 1. The van der Waals surface area contributed by atoms with Gasteiger partial charge in [0.25, 0.3) is 0 Å². The minimum atomic E-state index is -0.944. The Hall–Kier alpha value is -2.83. The molecule has 0 saturated carbocycles. The zero-order valence-electron chi connectivity index (χ0n) is 16.1. The average molecular weight is 381 g/mol. The van der Waals surface area contributed by atoms with Gasteiger partial charge in [0.05, 0.1) is 24.8 Å². The number of nitrogens with one attached hydrogen (secondary N) is 1. The number of aliphatic hydroxyl groups excluding tert-OH is 2. The maximum atomic E-state index is 13.3. The van der Waals surface area contributed by atoms with Crippen molar-refractivity contribution >= 4 is 16.7 Å². The van der Waals surface area contributed by atoms with E-state index in [1.807, 2.05) is 24.3 Å². The van der Waals surface area contributed by atoms with Crippen LogP contribution in [-0.2, 0) is 5.41 Å². The number of ketones is 1. The van der Waals surface area contributed by atoms with Crippen LogP contribution in [0.4, 0.5) is 0 Å². The van der Waals surface area contributed by atoms with Crippen molar-refractivity contribution < 1.29 is 24.5 Å². The van der Waals surface area contributed by atoms with E-state index >= 15 is 0 Å². The maximum absolute atomic E-state index is 13.3. The van der Waals surface area contributed by atoms with Crippen molar-refractivity contribution in [3.05, 3.63) is 58.8 Å². The number of carbonyl (C=O) groups excluding carboxylic acids is 1. The highest BCUT2D eigenvalue weighted by atomic mass is 16.5. The Morgan fingerprint density at radius 3 is 2.61 bits per heavy atom. The van der Waals surface area contributed by atoms with Gasteiger partial charge in [0.1, 0.15) is 24.2 Å². The molecule has 6 nitrogen and oxygen atoms in total. The zero-order chi connectivity index (χ0) is 20.1. The summed E-state index contributed by atoms with van der Waals surface area (Å²) in [6, 6.07) is 11.0. The Morgan fingerprint density at radius 1 is 1.14 bits per heavy atom. The topological polar surface area (TPSA) is 91.8 Å². The number of carbonyl (C=O) groups is 1. The molecule has 0 spiro atoms. The lowest BCUT2D eigenvalue weighted by Crippen LogP contribution is -2.30. The predicted molar refractivity (Wildman–Crippen MR) is 105 cm³/mol. The van der Waals surface area contributed by atoms with E-state index in [4.69, 9.17) is 14.6 Å². The summed E-state index contributed by atoms with van der Waals surface area (Å²) >= 11 is 0. The molecule has 0 unspecified atom stereocenters. The van der Waals surface area contributed by atoms with Crippen LogP contribution in [0.1, 0.15) is 41.0 Å². The standard InChI is InChI=1S/C22H23NO5/c1-22(2)17-8-14(28-11-12(25)10-24)5-6-15(17)20(26)19-16-7-4-13(27-3)9-18(16)23-21(19)22/h4-9,12,23-25H,10-11H2,1-3H3/t12-/m0/s1. The lowest BCUT2D eigenvalue weighted by Gasteiger charge is -2.32. The van der Waals surface area contributed by atoms with E-state index in [0.717, 1.165) is 27.9 Å². The van der Waals surface area contributed by atoms with Crippen molar-refractivity contribution in [2.24, 2.45) is 0 Å². The molecule has 1 aliphatic carbocycles. The first-order valence-electron chi connectivity index (χ1n) is 9.18. The maximum Gasteiger partial charge on any atom is 0.195 e. The highest BCUT2D eigenvalue weighted by Gasteiger charge is 2.39. The fourth-order valence-electron chi connectivity index (χ4n) is 3.85. The molecule has 2 aromatic carbocycles. The molecule has 0 aliphatic heterocycles. The summed E-state index contributed by atoms with van der Waals surface area (Å²) in [7, 11) is 1.62. The smallest absolute Gasteiger partial charge is 0.195 e. The van der Waals surface area contributed by atoms with Gasteiger partial charge in [-0.2, -0.15) is 0 Å². The first kappa shape index (κ1) is 18.5. The summed E-state index contributed by atoms with van der Waals surface area (Å²) in [4.78, 5) is 16.7. The van der Waals surface area contributed by atoms with Crippen molar-refractivity contribution in [1.82, 2.24) is 4.98 Å². The second-order valence-corrected chi connectivity index (χ2v) is 7.60. The van der Waals surface area contributed by atoms with Crippen molar-refractivity contribution in [3.8, 4) is 11.5 Å². The molecule has 1 aromatic heterocycles. The van der Waals surface area contributed by atoms with Crippen LogP contribution < -0.4 is 9.47 Å². The van der Waals surface area contributed by atoms with Crippen molar-refractivity contribution in [2.75, 3.05) is 20.3 Å². The number of hydrogen-bond donors (Lipinski definition) is 3. The van der Waals surface area contributed by atoms with Crippen molar-refractivity contribution in [2.45, 2.75) is 25.4 Å².